The zero-order chi connectivity index (χ0) is 25.4. The van der Waals surface area contributed by atoms with Crippen LogP contribution in [0, 0.1) is 5.82 Å². The van der Waals surface area contributed by atoms with Crippen LogP contribution in [0.3, 0.4) is 0 Å². The summed E-state index contributed by atoms with van der Waals surface area (Å²) in [4.78, 5) is 3.74. The molecule has 2 heterocycles. The number of aromatic amines is 1. The predicted octanol–water partition coefficient (Wildman–Crippen LogP) is 10.1. The summed E-state index contributed by atoms with van der Waals surface area (Å²) < 4.78 is 18.6. The lowest BCUT2D eigenvalue weighted by Gasteiger charge is -2.15. The molecule has 180 valence electrons. The molecule has 0 aliphatic heterocycles. The average Bonchev–Trinajstić information content (AvgIpc) is 3.49. The minimum Gasteiger partial charge on any atom is -0.353 e. The topological polar surface area (TPSA) is 20.7 Å². The summed E-state index contributed by atoms with van der Waals surface area (Å²) in [6, 6.07) is 38.8. The molecule has 0 saturated heterocycles. The maximum absolute atomic E-state index is 15.2. The summed E-state index contributed by atoms with van der Waals surface area (Å²) in [5, 5.41) is 6.95. The third-order valence-corrected chi connectivity index (χ3v) is 8.13. The van der Waals surface area contributed by atoms with Crippen molar-refractivity contribution >= 4 is 70.3 Å². The van der Waals surface area contributed by atoms with E-state index in [0.717, 1.165) is 53.9 Å². The van der Waals surface area contributed by atoms with Crippen molar-refractivity contribution in [1.82, 2.24) is 9.55 Å². The first-order valence-electron chi connectivity index (χ1n) is 12.6. The van der Waals surface area contributed by atoms with Gasteiger partial charge in [0, 0.05) is 42.7 Å². The van der Waals surface area contributed by atoms with Gasteiger partial charge in [-0.25, -0.2) is 4.39 Å². The van der Waals surface area contributed by atoms with Crippen LogP contribution in [0.1, 0.15) is 0 Å². The molecule has 2 aromatic heterocycles. The van der Waals surface area contributed by atoms with Crippen molar-refractivity contribution in [3.8, 4) is 16.8 Å². The van der Waals surface area contributed by atoms with Crippen LogP contribution >= 0.6 is 15.9 Å². The van der Waals surface area contributed by atoms with Crippen molar-refractivity contribution in [2.75, 3.05) is 0 Å². The number of benzene rings is 6. The summed E-state index contributed by atoms with van der Waals surface area (Å²) in [5.74, 6) is -0.226. The number of hydrogen-bond acceptors (Lipinski definition) is 0. The van der Waals surface area contributed by atoms with E-state index in [1.807, 2.05) is 24.3 Å². The van der Waals surface area contributed by atoms with Gasteiger partial charge in [-0.3, -0.25) is 0 Å². The first kappa shape index (κ1) is 21.7. The normalized spacial score (nSPS) is 11.9. The van der Waals surface area contributed by atoms with Crippen LogP contribution in [-0.2, 0) is 0 Å². The second-order valence-electron chi connectivity index (χ2n) is 9.72. The van der Waals surface area contributed by atoms with Crippen LogP contribution in [0.25, 0.3) is 71.2 Å². The van der Waals surface area contributed by atoms with E-state index in [4.69, 9.17) is 0 Å². The number of hydrogen-bond donors (Lipinski definition) is 1. The molecule has 0 bridgehead atoms. The standard InChI is InChI=1S/C34H20BrFN2/c35-21-16-17-29-27(19-21)32-22-9-2-1-8-20(22)18-31(33(32)37-29)38-30-15-6-4-11-24(30)26-13-7-12-25(34(26)38)23-10-3-5-14-28(23)36/h1-19,37H. The molecule has 0 amide bonds. The molecule has 0 aliphatic rings. The fourth-order valence-electron chi connectivity index (χ4n) is 6.05. The molecule has 0 saturated carbocycles. The minimum absolute atomic E-state index is 0.226. The smallest absolute Gasteiger partial charge is 0.131 e. The highest BCUT2D eigenvalue weighted by Crippen LogP contribution is 2.43. The molecule has 6 aromatic carbocycles. The number of nitrogens with one attached hydrogen (secondary N) is 1. The summed E-state index contributed by atoms with van der Waals surface area (Å²) in [7, 11) is 0. The Morgan fingerprint density at radius 3 is 2.26 bits per heavy atom. The lowest BCUT2D eigenvalue weighted by molar-refractivity contribution is 0.631. The molecule has 0 unspecified atom stereocenters. The van der Waals surface area contributed by atoms with Gasteiger partial charge in [0.15, 0.2) is 0 Å². The number of fused-ring (bicyclic) bond motifs is 8. The van der Waals surface area contributed by atoms with Crippen LogP contribution in [0.15, 0.2) is 120 Å². The molecule has 2 nitrogen and oxygen atoms in total. The van der Waals surface area contributed by atoms with Gasteiger partial charge in [0.1, 0.15) is 5.82 Å². The van der Waals surface area contributed by atoms with Crippen molar-refractivity contribution in [3.05, 3.63) is 126 Å². The Hall–Kier alpha value is -4.41. The van der Waals surface area contributed by atoms with Gasteiger partial charge in [-0.15, -0.1) is 0 Å². The van der Waals surface area contributed by atoms with E-state index in [9.17, 15) is 0 Å². The highest BCUT2D eigenvalue weighted by Gasteiger charge is 2.21. The molecule has 8 aromatic rings. The molecule has 0 atom stereocenters. The van der Waals surface area contributed by atoms with Gasteiger partial charge < -0.3 is 9.55 Å². The Labute approximate surface area is 226 Å². The quantitative estimate of drug-likeness (QED) is 0.219. The molecule has 0 fully saturated rings. The van der Waals surface area contributed by atoms with Crippen molar-refractivity contribution in [2.24, 2.45) is 0 Å². The fourth-order valence-corrected chi connectivity index (χ4v) is 6.41. The summed E-state index contributed by atoms with van der Waals surface area (Å²) in [6.07, 6.45) is 0. The van der Waals surface area contributed by atoms with Gasteiger partial charge in [0.2, 0.25) is 0 Å². The molecular weight excluding hydrogens is 535 g/mol. The monoisotopic (exact) mass is 554 g/mol. The fraction of sp³-hybridized carbons (Fsp3) is 0. The van der Waals surface area contributed by atoms with E-state index in [0.29, 0.717) is 5.56 Å². The van der Waals surface area contributed by atoms with Gasteiger partial charge in [-0.1, -0.05) is 94.8 Å². The minimum atomic E-state index is -0.226. The number of para-hydroxylation sites is 2. The first-order valence-corrected chi connectivity index (χ1v) is 13.4. The molecule has 0 spiro atoms. The highest BCUT2D eigenvalue weighted by molar-refractivity contribution is 9.10. The summed E-state index contributed by atoms with van der Waals surface area (Å²) in [6.45, 7) is 0. The van der Waals surface area contributed by atoms with Crippen LogP contribution in [-0.4, -0.2) is 9.55 Å². The predicted molar refractivity (Wildman–Crippen MR) is 161 cm³/mol. The van der Waals surface area contributed by atoms with Crippen molar-refractivity contribution < 1.29 is 4.39 Å². The average molecular weight is 555 g/mol. The van der Waals surface area contributed by atoms with Gasteiger partial charge in [0.05, 0.1) is 22.2 Å². The third-order valence-electron chi connectivity index (χ3n) is 7.64. The van der Waals surface area contributed by atoms with Gasteiger partial charge in [0.25, 0.3) is 0 Å². The van der Waals surface area contributed by atoms with Crippen LogP contribution in [0.5, 0.6) is 0 Å². The largest absolute Gasteiger partial charge is 0.353 e. The van der Waals surface area contributed by atoms with Gasteiger partial charge in [-0.2, -0.15) is 0 Å². The molecule has 4 heteroatoms. The highest BCUT2D eigenvalue weighted by atomic mass is 79.9. The molecule has 0 aliphatic carbocycles. The second-order valence-corrected chi connectivity index (χ2v) is 10.6. The molecule has 38 heavy (non-hydrogen) atoms. The van der Waals surface area contributed by atoms with E-state index in [2.05, 4.69) is 104 Å². The maximum Gasteiger partial charge on any atom is 0.131 e. The Morgan fingerprint density at radius 2 is 1.37 bits per heavy atom. The zero-order valence-corrected chi connectivity index (χ0v) is 21.8. The number of H-pyrrole nitrogens is 1. The molecule has 1 N–H and O–H groups in total. The molecule has 8 rings (SSSR count). The Kier molecular flexibility index (Phi) is 4.58. The van der Waals surface area contributed by atoms with E-state index < -0.39 is 0 Å². The Balaban J connectivity index is 1.63. The van der Waals surface area contributed by atoms with Gasteiger partial charge in [-0.05, 0) is 47.2 Å². The van der Waals surface area contributed by atoms with E-state index in [1.54, 1.807) is 6.07 Å². The second kappa shape index (κ2) is 8.04. The summed E-state index contributed by atoms with van der Waals surface area (Å²) in [5.41, 5.74) is 6.73. The molecule has 0 radical (unpaired) electrons. The number of nitrogens with zero attached hydrogens (tertiary/aromatic N) is 1. The maximum atomic E-state index is 15.2. The molecular formula is C34H20BrFN2. The lowest BCUT2D eigenvalue weighted by atomic mass is 10.0. The number of halogens is 2. The Morgan fingerprint density at radius 1 is 0.632 bits per heavy atom. The SMILES string of the molecule is Fc1ccccc1-c1cccc2c3ccccc3n(-c3cc4ccccc4c4c3[nH]c3ccc(Br)cc34)c12. The Bertz CT molecular complexity index is 2220. The third kappa shape index (κ3) is 2.98. The first-order chi connectivity index (χ1) is 18.7. The van der Waals surface area contributed by atoms with E-state index in [-0.39, 0.29) is 5.82 Å². The van der Waals surface area contributed by atoms with Crippen molar-refractivity contribution in [3.63, 3.8) is 0 Å². The van der Waals surface area contributed by atoms with Crippen molar-refractivity contribution in [1.29, 1.82) is 0 Å². The van der Waals surface area contributed by atoms with E-state index >= 15 is 4.39 Å². The lowest BCUT2D eigenvalue weighted by Crippen LogP contribution is -1.98. The van der Waals surface area contributed by atoms with Crippen LogP contribution in [0.4, 0.5) is 4.39 Å². The van der Waals surface area contributed by atoms with Crippen molar-refractivity contribution in [2.45, 2.75) is 0 Å². The number of rotatable bonds is 2. The van der Waals surface area contributed by atoms with Gasteiger partial charge >= 0.3 is 0 Å². The van der Waals surface area contributed by atoms with Crippen LogP contribution < -0.4 is 0 Å². The zero-order valence-electron chi connectivity index (χ0n) is 20.2. The van der Waals surface area contributed by atoms with E-state index in [1.165, 1.54) is 22.2 Å². The number of aromatic nitrogens is 2. The van der Waals surface area contributed by atoms with Crippen LogP contribution in [0.2, 0.25) is 0 Å². The summed E-state index contributed by atoms with van der Waals surface area (Å²) >= 11 is 3.68.